The van der Waals surface area contributed by atoms with E-state index in [1.807, 2.05) is 42.5 Å². The van der Waals surface area contributed by atoms with Gasteiger partial charge in [0.05, 0.1) is 11.4 Å². The summed E-state index contributed by atoms with van der Waals surface area (Å²) in [6.07, 6.45) is 1.51. The van der Waals surface area contributed by atoms with Gasteiger partial charge in [-0.3, -0.25) is 14.5 Å². The highest BCUT2D eigenvalue weighted by atomic mass is 32.2. The van der Waals surface area contributed by atoms with Crippen LogP contribution >= 0.6 is 11.8 Å². The number of hydrogen-bond donors (Lipinski definition) is 2. The second-order valence-corrected chi connectivity index (χ2v) is 7.57. The first kappa shape index (κ1) is 19.6. The standard InChI is InChI=1S/C23H17NO5S/c25-19-11-8-16(12-20(19)26)13-21-22(27)24(23(28)30-21)14-15-6-9-18(10-7-15)29-17-4-2-1-3-5-17/h1-13,25-26H,14H2/b21-13-. The summed E-state index contributed by atoms with van der Waals surface area (Å²) in [7, 11) is 0. The van der Waals surface area contributed by atoms with Gasteiger partial charge >= 0.3 is 0 Å². The topological polar surface area (TPSA) is 87.1 Å². The molecule has 0 saturated carbocycles. The highest BCUT2D eigenvalue weighted by molar-refractivity contribution is 8.18. The Balaban J connectivity index is 1.45. The van der Waals surface area contributed by atoms with Crippen LogP contribution in [0.2, 0.25) is 0 Å². The molecule has 6 nitrogen and oxygen atoms in total. The third-order valence-electron chi connectivity index (χ3n) is 4.41. The number of ether oxygens (including phenoxy) is 1. The lowest BCUT2D eigenvalue weighted by atomic mass is 10.1. The number of aromatic hydroxyl groups is 2. The summed E-state index contributed by atoms with van der Waals surface area (Å²) >= 11 is 0.841. The smallest absolute Gasteiger partial charge is 0.293 e. The summed E-state index contributed by atoms with van der Waals surface area (Å²) < 4.78 is 5.75. The van der Waals surface area contributed by atoms with Crippen molar-refractivity contribution < 1.29 is 24.5 Å². The summed E-state index contributed by atoms with van der Waals surface area (Å²) in [4.78, 5) is 26.4. The predicted octanol–water partition coefficient (Wildman–Crippen LogP) is 5.13. The molecule has 1 aliphatic heterocycles. The van der Waals surface area contributed by atoms with Crippen molar-refractivity contribution in [3.8, 4) is 23.0 Å². The molecule has 3 aromatic rings. The number of phenolic OH excluding ortho intramolecular Hbond substituents is 2. The number of benzene rings is 3. The number of para-hydroxylation sites is 1. The van der Waals surface area contributed by atoms with Crippen molar-refractivity contribution in [1.82, 2.24) is 4.90 Å². The normalized spacial score (nSPS) is 15.1. The number of rotatable bonds is 5. The van der Waals surface area contributed by atoms with Gasteiger partial charge in [-0.1, -0.05) is 36.4 Å². The monoisotopic (exact) mass is 419 g/mol. The van der Waals surface area contributed by atoms with E-state index in [0.717, 1.165) is 23.1 Å². The zero-order valence-electron chi connectivity index (χ0n) is 15.7. The highest BCUT2D eigenvalue weighted by Gasteiger charge is 2.35. The fourth-order valence-electron chi connectivity index (χ4n) is 2.89. The number of nitrogens with zero attached hydrogens (tertiary/aromatic N) is 1. The third-order valence-corrected chi connectivity index (χ3v) is 5.32. The quantitative estimate of drug-likeness (QED) is 0.441. The fraction of sp³-hybridized carbons (Fsp3) is 0.0435. The lowest BCUT2D eigenvalue weighted by molar-refractivity contribution is -0.123. The third kappa shape index (κ3) is 4.31. The van der Waals surface area contributed by atoms with Crippen molar-refractivity contribution in [1.29, 1.82) is 0 Å². The first-order valence-corrected chi connectivity index (χ1v) is 9.90. The minimum Gasteiger partial charge on any atom is -0.504 e. The maximum Gasteiger partial charge on any atom is 0.293 e. The number of amides is 2. The first-order chi connectivity index (χ1) is 14.5. The van der Waals surface area contributed by atoms with Crippen molar-refractivity contribution in [2.45, 2.75) is 6.54 Å². The van der Waals surface area contributed by atoms with Crippen LogP contribution in [0.1, 0.15) is 11.1 Å². The SMILES string of the molecule is O=C1S/C(=C\c2ccc(O)c(O)c2)C(=O)N1Cc1ccc(Oc2ccccc2)cc1. The number of hydrogen-bond acceptors (Lipinski definition) is 6. The Hall–Kier alpha value is -3.71. The maximum atomic E-state index is 12.7. The molecule has 2 N–H and O–H groups in total. The molecule has 1 fully saturated rings. The predicted molar refractivity (Wildman–Crippen MR) is 114 cm³/mol. The van der Waals surface area contributed by atoms with Gasteiger partial charge in [0.25, 0.3) is 11.1 Å². The Bertz CT molecular complexity index is 1130. The minimum absolute atomic E-state index is 0.147. The Morgan fingerprint density at radius 1 is 0.867 bits per heavy atom. The summed E-state index contributed by atoms with van der Waals surface area (Å²) in [6.45, 7) is 0.147. The molecule has 4 rings (SSSR count). The fourth-order valence-corrected chi connectivity index (χ4v) is 3.73. The van der Waals surface area contributed by atoms with Gasteiger partial charge in [-0.05, 0) is 65.4 Å². The van der Waals surface area contributed by atoms with Crippen molar-refractivity contribution in [3.63, 3.8) is 0 Å². The molecule has 0 radical (unpaired) electrons. The molecule has 0 aromatic heterocycles. The number of thioether (sulfide) groups is 1. The van der Waals surface area contributed by atoms with Crippen LogP contribution in [0.25, 0.3) is 6.08 Å². The van der Waals surface area contributed by atoms with Crippen LogP contribution in [0, 0.1) is 0 Å². The zero-order valence-corrected chi connectivity index (χ0v) is 16.5. The minimum atomic E-state index is -0.401. The van der Waals surface area contributed by atoms with Crippen molar-refractivity contribution in [2.75, 3.05) is 0 Å². The van der Waals surface area contributed by atoms with Crippen LogP contribution in [0.4, 0.5) is 4.79 Å². The molecule has 0 atom stereocenters. The molecular formula is C23H17NO5S. The Labute approximate surface area is 177 Å². The van der Waals surface area contributed by atoms with Gasteiger partial charge in [-0.2, -0.15) is 0 Å². The molecule has 2 amide bonds. The average Bonchev–Trinajstić information content (AvgIpc) is 3.00. The summed E-state index contributed by atoms with van der Waals surface area (Å²) in [5, 5.41) is 18.6. The molecule has 1 heterocycles. The number of phenols is 2. The lowest BCUT2D eigenvalue weighted by Crippen LogP contribution is -2.27. The molecule has 3 aromatic carbocycles. The van der Waals surface area contributed by atoms with Crippen LogP contribution in [0.3, 0.4) is 0 Å². The van der Waals surface area contributed by atoms with Crippen molar-refractivity contribution in [2.24, 2.45) is 0 Å². The molecule has 1 saturated heterocycles. The first-order valence-electron chi connectivity index (χ1n) is 9.09. The van der Waals surface area contributed by atoms with E-state index in [1.165, 1.54) is 23.1 Å². The average molecular weight is 419 g/mol. The van der Waals surface area contributed by atoms with E-state index < -0.39 is 5.91 Å². The lowest BCUT2D eigenvalue weighted by Gasteiger charge is -2.13. The number of imide groups is 1. The second-order valence-electron chi connectivity index (χ2n) is 6.58. The zero-order chi connectivity index (χ0) is 21.1. The molecule has 0 aliphatic carbocycles. The van der Waals surface area contributed by atoms with Crippen molar-refractivity contribution in [3.05, 3.63) is 88.8 Å². The van der Waals surface area contributed by atoms with Gasteiger partial charge in [0.2, 0.25) is 0 Å². The van der Waals surface area contributed by atoms with Crippen LogP contribution < -0.4 is 4.74 Å². The molecule has 0 bridgehead atoms. The number of carbonyl (C=O) groups is 2. The van der Waals surface area contributed by atoms with Gasteiger partial charge in [0.1, 0.15) is 11.5 Å². The van der Waals surface area contributed by atoms with E-state index >= 15 is 0 Å². The van der Waals surface area contributed by atoms with Crippen LogP contribution in [0.15, 0.2) is 77.7 Å². The summed E-state index contributed by atoms with van der Waals surface area (Å²) in [5.41, 5.74) is 1.31. The van der Waals surface area contributed by atoms with Gasteiger partial charge in [0, 0.05) is 0 Å². The summed E-state index contributed by atoms with van der Waals surface area (Å²) in [6, 6.07) is 20.8. The van der Waals surface area contributed by atoms with Gasteiger partial charge < -0.3 is 14.9 Å². The van der Waals surface area contributed by atoms with E-state index in [4.69, 9.17) is 4.74 Å². The van der Waals surface area contributed by atoms with Gasteiger partial charge in [-0.15, -0.1) is 0 Å². The second kappa shape index (κ2) is 8.34. The Morgan fingerprint density at radius 2 is 1.57 bits per heavy atom. The Morgan fingerprint density at radius 3 is 2.27 bits per heavy atom. The van der Waals surface area contributed by atoms with Gasteiger partial charge in [0.15, 0.2) is 11.5 Å². The van der Waals surface area contributed by atoms with Gasteiger partial charge in [-0.25, -0.2) is 0 Å². The number of carbonyl (C=O) groups excluding carboxylic acids is 2. The van der Waals surface area contributed by atoms with E-state index in [0.29, 0.717) is 11.3 Å². The van der Waals surface area contributed by atoms with E-state index in [2.05, 4.69) is 0 Å². The highest BCUT2D eigenvalue weighted by Crippen LogP contribution is 2.35. The molecule has 30 heavy (non-hydrogen) atoms. The Kier molecular flexibility index (Phi) is 5.45. The molecule has 1 aliphatic rings. The summed E-state index contributed by atoms with van der Waals surface area (Å²) in [5.74, 6) is 0.440. The van der Waals surface area contributed by atoms with E-state index in [-0.39, 0.29) is 28.2 Å². The van der Waals surface area contributed by atoms with E-state index in [9.17, 15) is 19.8 Å². The molecule has 0 unspecified atom stereocenters. The van der Waals surface area contributed by atoms with Crippen LogP contribution in [-0.4, -0.2) is 26.3 Å². The molecule has 150 valence electrons. The largest absolute Gasteiger partial charge is 0.504 e. The molecule has 7 heteroatoms. The van der Waals surface area contributed by atoms with Crippen LogP contribution in [0.5, 0.6) is 23.0 Å². The van der Waals surface area contributed by atoms with Crippen LogP contribution in [-0.2, 0) is 11.3 Å². The maximum absolute atomic E-state index is 12.7. The molecule has 0 spiro atoms. The van der Waals surface area contributed by atoms with Crippen molar-refractivity contribution >= 4 is 29.0 Å². The molecular weight excluding hydrogens is 402 g/mol. The van der Waals surface area contributed by atoms with E-state index in [1.54, 1.807) is 18.2 Å².